The highest BCUT2D eigenvalue weighted by Crippen LogP contribution is 2.23. The number of halogens is 1. The van der Waals surface area contributed by atoms with Crippen LogP contribution in [0.1, 0.15) is 23.2 Å². The summed E-state index contributed by atoms with van der Waals surface area (Å²) >= 11 is 1.21. The van der Waals surface area contributed by atoms with Gasteiger partial charge in [0.2, 0.25) is 5.91 Å². The van der Waals surface area contributed by atoms with E-state index in [0.717, 1.165) is 12.1 Å². The molecule has 6 nitrogen and oxygen atoms in total. The maximum absolute atomic E-state index is 12.9. The number of anilines is 1. The van der Waals surface area contributed by atoms with Gasteiger partial charge in [-0.2, -0.15) is 0 Å². The van der Waals surface area contributed by atoms with Gasteiger partial charge in [0.05, 0.1) is 16.2 Å². The highest BCUT2D eigenvalue weighted by Gasteiger charge is 2.17. The molecule has 2 amide bonds. The van der Waals surface area contributed by atoms with Crippen molar-refractivity contribution in [3.63, 3.8) is 0 Å². The Bertz CT molecular complexity index is 861. The quantitative estimate of drug-likeness (QED) is 0.717. The van der Waals surface area contributed by atoms with Crippen molar-refractivity contribution in [1.82, 2.24) is 5.32 Å². The zero-order valence-electron chi connectivity index (χ0n) is 13.4. The van der Waals surface area contributed by atoms with Crippen LogP contribution in [0.25, 0.3) is 0 Å². The van der Waals surface area contributed by atoms with Crippen molar-refractivity contribution in [1.29, 1.82) is 0 Å². The molecule has 0 spiro atoms. The fourth-order valence-electron chi connectivity index (χ4n) is 2.09. The van der Waals surface area contributed by atoms with Crippen LogP contribution >= 0.6 is 11.3 Å². The Morgan fingerprint density at radius 3 is 2.48 bits per heavy atom. The number of rotatable bonds is 7. The summed E-state index contributed by atoms with van der Waals surface area (Å²) in [6, 6.07) is 6.16. The second-order valence-corrected chi connectivity index (χ2v) is 8.19. The van der Waals surface area contributed by atoms with Crippen molar-refractivity contribution in [2.45, 2.75) is 17.7 Å². The molecule has 0 radical (unpaired) electrons. The number of sulfone groups is 1. The molecule has 1 aromatic carbocycles. The molecule has 0 aliphatic carbocycles. The predicted molar refractivity (Wildman–Crippen MR) is 94.0 cm³/mol. The number of thiophene rings is 1. The van der Waals surface area contributed by atoms with Crippen molar-refractivity contribution >= 4 is 38.0 Å². The van der Waals surface area contributed by atoms with Gasteiger partial charge < -0.3 is 10.6 Å². The van der Waals surface area contributed by atoms with Crippen LogP contribution in [0.4, 0.5) is 9.39 Å². The molecular weight excluding hydrogens is 367 g/mol. The van der Waals surface area contributed by atoms with E-state index in [2.05, 4.69) is 10.6 Å². The molecule has 0 aliphatic rings. The molecule has 0 fully saturated rings. The average Bonchev–Trinajstić information content (AvgIpc) is 3.02. The molecule has 2 N–H and O–H groups in total. The number of carbonyl (C=O) groups excluding carboxylic acids is 2. The molecule has 134 valence electrons. The van der Waals surface area contributed by atoms with E-state index < -0.39 is 15.7 Å². The highest BCUT2D eigenvalue weighted by molar-refractivity contribution is 7.91. The van der Waals surface area contributed by atoms with Crippen LogP contribution in [0.15, 0.2) is 40.6 Å². The monoisotopic (exact) mass is 384 g/mol. The smallest absolute Gasteiger partial charge is 0.254 e. The second kappa shape index (κ2) is 8.21. The largest absolute Gasteiger partial charge is 0.355 e. The summed E-state index contributed by atoms with van der Waals surface area (Å²) < 4.78 is 37.1. The van der Waals surface area contributed by atoms with Crippen molar-refractivity contribution in [3.05, 3.63) is 47.1 Å². The van der Waals surface area contributed by atoms with Crippen LogP contribution in [-0.4, -0.2) is 33.0 Å². The molecule has 0 bridgehead atoms. The fourth-order valence-corrected chi connectivity index (χ4v) is 4.20. The minimum atomic E-state index is -3.57. The SMILES string of the molecule is CNC(=O)c1ccsc1NC(=O)CCCS(=O)(=O)c1ccc(F)cc1. The van der Waals surface area contributed by atoms with Crippen LogP contribution in [0, 0.1) is 5.82 Å². The Labute approximate surface area is 149 Å². The minimum Gasteiger partial charge on any atom is -0.355 e. The molecule has 25 heavy (non-hydrogen) atoms. The Balaban J connectivity index is 1.89. The third-order valence-electron chi connectivity index (χ3n) is 3.38. The van der Waals surface area contributed by atoms with E-state index in [-0.39, 0.29) is 35.3 Å². The Morgan fingerprint density at radius 1 is 1.16 bits per heavy atom. The standard InChI is InChI=1S/C16H17FN2O4S2/c1-18-15(21)13-8-9-24-16(13)19-14(20)3-2-10-25(22,23)12-6-4-11(17)5-7-12/h4-9H,2-3,10H2,1H3,(H,18,21)(H,19,20). The van der Waals surface area contributed by atoms with Gasteiger partial charge in [-0.25, -0.2) is 12.8 Å². The fraction of sp³-hybridized carbons (Fsp3) is 0.250. The first-order valence-corrected chi connectivity index (χ1v) is 9.94. The third kappa shape index (κ3) is 5.10. The molecule has 0 aliphatic heterocycles. The van der Waals surface area contributed by atoms with Crippen LogP contribution in [-0.2, 0) is 14.6 Å². The van der Waals surface area contributed by atoms with Gasteiger partial charge >= 0.3 is 0 Å². The molecular formula is C16H17FN2O4S2. The summed E-state index contributed by atoms with van der Waals surface area (Å²) in [7, 11) is -2.08. The van der Waals surface area contributed by atoms with Crippen LogP contribution < -0.4 is 10.6 Å². The van der Waals surface area contributed by atoms with E-state index in [1.54, 1.807) is 11.4 Å². The normalized spacial score (nSPS) is 11.1. The molecule has 2 aromatic rings. The number of nitrogens with one attached hydrogen (secondary N) is 2. The lowest BCUT2D eigenvalue weighted by atomic mass is 10.3. The summed E-state index contributed by atoms with van der Waals surface area (Å²) in [6.45, 7) is 0. The first-order chi connectivity index (χ1) is 11.8. The van der Waals surface area contributed by atoms with E-state index in [1.807, 2.05) is 0 Å². The molecule has 2 rings (SSSR count). The lowest BCUT2D eigenvalue weighted by Gasteiger charge is -2.07. The van der Waals surface area contributed by atoms with Crippen LogP contribution in [0.3, 0.4) is 0 Å². The lowest BCUT2D eigenvalue weighted by Crippen LogP contribution is -2.20. The topological polar surface area (TPSA) is 92.3 Å². The zero-order valence-corrected chi connectivity index (χ0v) is 15.0. The summed E-state index contributed by atoms with van der Waals surface area (Å²) in [4.78, 5) is 23.6. The van der Waals surface area contributed by atoms with Gasteiger partial charge in [0.15, 0.2) is 9.84 Å². The molecule has 0 unspecified atom stereocenters. The molecule has 0 atom stereocenters. The van der Waals surface area contributed by atoms with Crippen molar-refractivity contribution in [2.75, 3.05) is 18.1 Å². The van der Waals surface area contributed by atoms with Gasteiger partial charge in [-0.05, 0) is 42.1 Å². The first-order valence-electron chi connectivity index (χ1n) is 7.41. The summed E-state index contributed by atoms with van der Waals surface area (Å²) in [5.41, 5.74) is 0.361. The van der Waals surface area contributed by atoms with Crippen molar-refractivity contribution < 1.29 is 22.4 Å². The molecule has 0 saturated heterocycles. The van der Waals surface area contributed by atoms with Gasteiger partial charge in [0, 0.05) is 13.5 Å². The number of carbonyl (C=O) groups is 2. The van der Waals surface area contributed by atoms with Gasteiger partial charge in [0.1, 0.15) is 10.8 Å². The van der Waals surface area contributed by atoms with E-state index in [1.165, 1.54) is 30.5 Å². The highest BCUT2D eigenvalue weighted by atomic mass is 32.2. The van der Waals surface area contributed by atoms with Crippen molar-refractivity contribution in [3.8, 4) is 0 Å². The number of hydrogen-bond donors (Lipinski definition) is 2. The van der Waals surface area contributed by atoms with E-state index in [4.69, 9.17) is 0 Å². The number of hydrogen-bond acceptors (Lipinski definition) is 5. The maximum Gasteiger partial charge on any atom is 0.254 e. The van der Waals surface area contributed by atoms with Gasteiger partial charge in [-0.15, -0.1) is 11.3 Å². The van der Waals surface area contributed by atoms with E-state index in [0.29, 0.717) is 10.6 Å². The first kappa shape index (κ1) is 19.1. The van der Waals surface area contributed by atoms with Crippen molar-refractivity contribution in [2.24, 2.45) is 0 Å². The average molecular weight is 384 g/mol. The summed E-state index contributed by atoms with van der Waals surface area (Å²) in [5.74, 6) is -1.42. The van der Waals surface area contributed by atoms with Gasteiger partial charge in [-0.1, -0.05) is 0 Å². The lowest BCUT2D eigenvalue weighted by molar-refractivity contribution is -0.116. The molecule has 0 saturated carbocycles. The van der Waals surface area contributed by atoms with Gasteiger partial charge in [0.25, 0.3) is 5.91 Å². The third-order valence-corrected chi connectivity index (χ3v) is 6.03. The Morgan fingerprint density at radius 2 is 1.84 bits per heavy atom. The Hall–Kier alpha value is -2.26. The minimum absolute atomic E-state index is 0.00842. The number of amides is 2. The molecule has 9 heteroatoms. The molecule has 1 aromatic heterocycles. The summed E-state index contributed by atoms with van der Waals surface area (Å²) in [6.07, 6.45) is 0.109. The number of benzene rings is 1. The second-order valence-electron chi connectivity index (χ2n) is 5.17. The predicted octanol–water partition coefficient (Wildman–Crippen LogP) is 2.44. The Kier molecular flexibility index (Phi) is 6.27. The zero-order chi connectivity index (χ0) is 18.4. The maximum atomic E-state index is 12.9. The van der Waals surface area contributed by atoms with Crippen LogP contribution in [0.2, 0.25) is 0 Å². The van der Waals surface area contributed by atoms with E-state index >= 15 is 0 Å². The van der Waals surface area contributed by atoms with Gasteiger partial charge in [-0.3, -0.25) is 9.59 Å². The molecule has 1 heterocycles. The van der Waals surface area contributed by atoms with Crippen LogP contribution in [0.5, 0.6) is 0 Å². The van der Waals surface area contributed by atoms with E-state index in [9.17, 15) is 22.4 Å². The summed E-state index contributed by atoms with van der Waals surface area (Å²) in [5, 5.41) is 7.19.